The zero-order valence-electron chi connectivity index (χ0n) is 31.1. The third kappa shape index (κ3) is 6.08. The number of pyridine rings is 1. The Kier molecular flexibility index (Phi) is 8.08. The van der Waals surface area contributed by atoms with Crippen molar-refractivity contribution in [3.8, 4) is 66.1 Å². The van der Waals surface area contributed by atoms with Gasteiger partial charge in [-0.1, -0.05) is 152 Å². The number of nitrogens with zero attached hydrogens (tertiary/aromatic N) is 1. The smallest absolute Gasteiger partial charge is 0.123 e. The molecule has 0 saturated heterocycles. The van der Waals surface area contributed by atoms with Crippen LogP contribution in [0.4, 0.5) is 0 Å². The van der Waals surface area contributed by atoms with Crippen molar-refractivity contribution in [1.82, 2.24) is 4.98 Å². The van der Waals surface area contributed by atoms with Crippen LogP contribution in [0.15, 0.2) is 212 Å². The van der Waals surface area contributed by atoms with Gasteiger partial charge < -0.3 is 0 Å². The molecule has 11 aromatic rings. The molecule has 2 heterocycles. The molecule has 0 atom stereocenters. The van der Waals surface area contributed by atoms with Gasteiger partial charge in [0.1, 0.15) is 4.83 Å². The van der Waals surface area contributed by atoms with Gasteiger partial charge in [0.25, 0.3) is 0 Å². The number of hydrogen-bond acceptors (Lipinski definition) is 2. The first kappa shape index (κ1) is 33.2. The largest absolute Gasteiger partial charge is 0.245 e. The van der Waals surface area contributed by atoms with Crippen molar-refractivity contribution in [3.05, 3.63) is 212 Å². The number of benzene rings is 9. The normalized spacial score (nSPS) is 11.5. The van der Waals surface area contributed by atoms with Crippen molar-refractivity contribution in [2.75, 3.05) is 0 Å². The van der Waals surface area contributed by atoms with E-state index in [0.29, 0.717) is 0 Å². The van der Waals surface area contributed by atoms with Crippen molar-refractivity contribution in [3.63, 3.8) is 0 Å². The fraction of sp³-hybridized carbons (Fsp3) is 0. The minimum atomic E-state index is 1.07. The Hall–Kier alpha value is -7.13. The Bertz CT molecular complexity index is 3230. The number of thiophene rings is 1. The minimum absolute atomic E-state index is 1.07. The van der Waals surface area contributed by atoms with Gasteiger partial charge in [0.2, 0.25) is 0 Å². The van der Waals surface area contributed by atoms with E-state index in [1.165, 1.54) is 104 Å². The van der Waals surface area contributed by atoms with Gasteiger partial charge in [-0.15, -0.1) is 11.3 Å². The van der Waals surface area contributed by atoms with Crippen molar-refractivity contribution >= 4 is 53.9 Å². The molecule has 0 N–H and O–H groups in total. The molecule has 2 aromatic heterocycles. The van der Waals surface area contributed by atoms with Crippen molar-refractivity contribution in [1.29, 1.82) is 0 Å². The summed E-state index contributed by atoms with van der Waals surface area (Å²) in [5.41, 5.74) is 13.2. The van der Waals surface area contributed by atoms with Gasteiger partial charge in [-0.2, -0.15) is 0 Å². The molecule has 266 valence electrons. The summed E-state index contributed by atoms with van der Waals surface area (Å²) in [6.45, 7) is 0. The predicted molar refractivity (Wildman–Crippen MR) is 245 cm³/mol. The first-order valence-corrected chi connectivity index (χ1v) is 20.2. The summed E-state index contributed by atoms with van der Waals surface area (Å²) in [4.78, 5) is 6.88. The van der Waals surface area contributed by atoms with E-state index in [0.717, 1.165) is 4.83 Å². The lowest BCUT2D eigenvalue weighted by atomic mass is 9.90. The van der Waals surface area contributed by atoms with Gasteiger partial charge in [0, 0.05) is 16.5 Å². The second kappa shape index (κ2) is 13.9. The highest BCUT2D eigenvalue weighted by Crippen LogP contribution is 2.40. The highest BCUT2D eigenvalue weighted by Gasteiger charge is 2.13. The van der Waals surface area contributed by atoms with Gasteiger partial charge in [0.05, 0.1) is 0 Å². The molecule has 0 bridgehead atoms. The van der Waals surface area contributed by atoms with Crippen LogP contribution in [-0.4, -0.2) is 4.98 Å². The van der Waals surface area contributed by atoms with E-state index in [4.69, 9.17) is 0 Å². The molecule has 1 nitrogen and oxygen atoms in total. The molecule has 9 aromatic carbocycles. The molecular weight excluding hydrogens is 707 g/mol. The Labute approximate surface area is 335 Å². The maximum Gasteiger partial charge on any atom is 0.123 e. The Morgan fingerprint density at radius 3 is 1.26 bits per heavy atom. The Morgan fingerprint density at radius 2 is 0.684 bits per heavy atom. The van der Waals surface area contributed by atoms with Crippen LogP contribution in [0.2, 0.25) is 0 Å². The zero-order chi connectivity index (χ0) is 37.7. The molecule has 0 spiro atoms. The Morgan fingerprint density at radius 1 is 0.263 bits per heavy atom. The zero-order valence-corrected chi connectivity index (χ0v) is 31.9. The molecule has 0 fully saturated rings. The first-order valence-electron chi connectivity index (χ1n) is 19.4. The predicted octanol–water partition coefficient (Wildman–Crippen LogP) is 15.8. The molecule has 0 aliphatic rings. The molecule has 0 aliphatic heterocycles. The fourth-order valence-corrected chi connectivity index (χ4v) is 9.47. The van der Waals surface area contributed by atoms with Gasteiger partial charge in [-0.25, -0.2) is 4.98 Å². The molecular formula is C55H35NS. The van der Waals surface area contributed by atoms with E-state index in [-0.39, 0.29) is 0 Å². The van der Waals surface area contributed by atoms with E-state index in [1.807, 2.05) is 12.3 Å². The van der Waals surface area contributed by atoms with Crippen molar-refractivity contribution < 1.29 is 0 Å². The van der Waals surface area contributed by atoms with Crippen LogP contribution in [-0.2, 0) is 0 Å². The maximum absolute atomic E-state index is 4.58. The quantitative estimate of drug-likeness (QED) is 0.155. The van der Waals surface area contributed by atoms with Gasteiger partial charge in [0.15, 0.2) is 0 Å². The number of fused-ring (bicyclic) bond motifs is 7. The summed E-state index contributed by atoms with van der Waals surface area (Å²) in [7, 11) is 0. The summed E-state index contributed by atoms with van der Waals surface area (Å²) < 4.78 is 0. The Balaban J connectivity index is 1.01. The van der Waals surface area contributed by atoms with E-state index in [1.54, 1.807) is 11.3 Å². The monoisotopic (exact) mass is 741 g/mol. The SMILES string of the molecule is c1ccc(-c2cc(-c3cccc(-c4cccc(-c5cc6cccnc6s5)c4)c3)cc(-c3cccc(-c4ccc5c6ccccc6c6ccccc6c5c4)c3)c2)cc1. The first-order chi connectivity index (χ1) is 28.2. The van der Waals surface area contributed by atoms with Crippen molar-refractivity contribution in [2.45, 2.75) is 0 Å². The molecule has 57 heavy (non-hydrogen) atoms. The van der Waals surface area contributed by atoms with Crippen LogP contribution >= 0.6 is 11.3 Å². The summed E-state index contributed by atoms with van der Waals surface area (Å²) in [5.74, 6) is 0. The summed E-state index contributed by atoms with van der Waals surface area (Å²) >= 11 is 1.74. The fourth-order valence-electron chi connectivity index (χ4n) is 8.47. The van der Waals surface area contributed by atoms with Crippen molar-refractivity contribution in [2.24, 2.45) is 0 Å². The lowest BCUT2D eigenvalue weighted by Gasteiger charge is -2.14. The van der Waals surface area contributed by atoms with Gasteiger partial charge >= 0.3 is 0 Å². The highest BCUT2D eigenvalue weighted by molar-refractivity contribution is 7.21. The van der Waals surface area contributed by atoms with Gasteiger partial charge in [-0.05, 0) is 148 Å². The lowest BCUT2D eigenvalue weighted by Crippen LogP contribution is -1.88. The van der Waals surface area contributed by atoms with Crippen LogP contribution in [0.3, 0.4) is 0 Å². The maximum atomic E-state index is 4.58. The molecule has 11 rings (SSSR count). The average molecular weight is 742 g/mol. The molecule has 0 unspecified atom stereocenters. The van der Waals surface area contributed by atoms with Crippen LogP contribution < -0.4 is 0 Å². The third-order valence-corrected chi connectivity index (χ3v) is 12.4. The van der Waals surface area contributed by atoms with E-state index >= 15 is 0 Å². The van der Waals surface area contributed by atoms with E-state index in [9.17, 15) is 0 Å². The third-order valence-electron chi connectivity index (χ3n) is 11.3. The second-order valence-electron chi connectivity index (χ2n) is 14.8. The topological polar surface area (TPSA) is 12.9 Å². The van der Waals surface area contributed by atoms with E-state index in [2.05, 4.69) is 205 Å². The lowest BCUT2D eigenvalue weighted by molar-refractivity contribution is 1.45. The van der Waals surface area contributed by atoms with Crippen LogP contribution in [0.5, 0.6) is 0 Å². The van der Waals surface area contributed by atoms with Crippen LogP contribution in [0.25, 0.3) is 109 Å². The molecule has 0 saturated carbocycles. The molecule has 0 aliphatic carbocycles. The van der Waals surface area contributed by atoms with Gasteiger partial charge in [-0.3, -0.25) is 0 Å². The number of rotatable bonds is 6. The van der Waals surface area contributed by atoms with Crippen LogP contribution in [0, 0.1) is 0 Å². The summed E-state index contributed by atoms with van der Waals surface area (Å²) in [6, 6.07) is 75.6. The summed E-state index contributed by atoms with van der Waals surface area (Å²) in [5, 5.41) is 8.93. The highest BCUT2D eigenvalue weighted by atomic mass is 32.1. The summed E-state index contributed by atoms with van der Waals surface area (Å²) in [6.07, 6.45) is 1.87. The van der Waals surface area contributed by atoms with Crippen LogP contribution in [0.1, 0.15) is 0 Å². The molecule has 2 heteroatoms. The van der Waals surface area contributed by atoms with E-state index < -0.39 is 0 Å². The molecule has 0 amide bonds. The number of aromatic nitrogens is 1. The standard InChI is InChI=1S/C55H35NS/c1-2-12-36(13-3-1)45-31-46(40-17-8-14-37(28-40)39-16-10-19-43(30-39)54-35-44-20-11-27-56-55(44)57-54)33-47(32-45)41-18-9-15-38(29-41)42-25-26-52-50-23-5-4-21-48(50)49-22-6-7-24-51(49)53(52)34-42/h1-35H. The average Bonchev–Trinajstić information content (AvgIpc) is 3.74. The minimum Gasteiger partial charge on any atom is -0.245 e. The molecule has 0 radical (unpaired) electrons. The number of hydrogen-bond donors (Lipinski definition) is 0. The second-order valence-corrected chi connectivity index (χ2v) is 15.8.